The Balaban J connectivity index is -0.000000140. The standard InChI is InChI=1S/C5H5.3C2H7N.Hf/c1-2-4-5-3-1;3*1-3-2;/h1-3H,4H2;3*3H,1-2H3;. The van der Waals surface area contributed by atoms with E-state index in [2.05, 4.69) is 34.2 Å². The van der Waals surface area contributed by atoms with Crippen molar-refractivity contribution < 1.29 is 24.4 Å². The molecular formula is C11H26HfN3. The fourth-order valence-electron chi connectivity index (χ4n) is 0.447. The van der Waals surface area contributed by atoms with Crippen molar-refractivity contribution in [1.29, 1.82) is 0 Å². The van der Waals surface area contributed by atoms with Crippen LogP contribution in [-0.2, 0) is 24.4 Å². The van der Waals surface area contributed by atoms with Gasteiger partial charge in [0.25, 0.3) is 0 Å². The van der Waals surface area contributed by atoms with E-state index in [1.54, 1.807) is 3.33 Å². The molecule has 0 saturated heterocycles. The zero-order valence-electron chi connectivity index (χ0n) is 10.9. The molecule has 0 spiro atoms. The molecule has 0 aromatic heterocycles. The summed E-state index contributed by atoms with van der Waals surface area (Å²) >= 11 is 1.25. The number of rotatable bonds is 0. The quantitative estimate of drug-likeness (QED) is 0.548. The zero-order chi connectivity index (χ0) is 12.5. The van der Waals surface area contributed by atoms with Crippen molar-refractivity contribution >= 4 is 0 Å². The Kier molecular flexibility index (Phi) is 32.7. The summed E-state index contributed by atoms with van der Waals surface area (Å²) in [5.74, 6) is 0. The first kappa shape index (κ1) is 20.6. The van der Waals surface area contributed by atoms with E-state index >= 15 is 0 Å². The van der Waals surface area contributed by atoms with Gasteiger partial charge < -0.3 is 16.0 Å². The number of allylic oxidation sites excluding steroid dienone is 4. The fraction of sp³-hybridized carbons (Fsp3) is 0.636. The Labute approximate surface area is 110 Å². The minimum absolute atomic E-state index is 1.23. The molecule has 0 amide bonds. The maximum atomic E-state index is 2.75. The molecule has 0 aliphatic heterocycles. The maximum absolute atomic E-state index is 2.75. The Hall–Kier alpha value is 0.230. The van der Waals surface area contributed by atoms with Gasteiger partial charge >= 0.3 is 52.4 Å². The van der Waals surface area contributed by atoms with Gasteiger partial charge in [-0.15, -0.1) is 0 Å². The van der Waals surface area contributed by atoms with Crippen molar-refractivity contribution in [3.8, 4) is 0 Å². The van der Waals surface area contributed by atoms with Gasteiger partial charge in [-0.05, 0) is 42.3 Å². The first-order valence-corrected chi connectivity index (χ1v) is 6.76. The van der Waals surface area contributed by atoms with E-state index in [-0.39, 0.29) is 0 Å². The van der Waals surface area contributed by atoms with Crippen LogP contribution in [0.5, 0.6) is 0 Å². The summed E-state index contributed by atoms with van der Waals surface area (Å²) in [6.45, 7) is 0. The molecule has 15 heavy (non-hydrogen) atoms. The molecule has 0 unspecified atom stereocenters. The Bertz CT molecular complexity index is 140. The van der Waals surface area contributed by atoms with Crippen molar-refractivity contribution in [1.82, 2.24) is 16.0 Å². The molecule has 1 rings (SSSR count). The molecule has 0 aromatic rings. The monoisotopic (exact) mass is 380 g/mol. The number of hydrogen-bond donors (Lipinski definition) is 3. The van der Waals surface area contributed by atoms with E-state index in [1.807, 2.05) is 42.3 Å². The summed E-state index contributed by atoms with van der Waals surface area (Å²) in [6.07, 6.45) is 7.75. The molecule has 3 N–H and O–H groups in total. The molecule has 0 heterocycles. The molecular weight excluding hydrogens is 353 g/mol. The average Bonchev–Trinajstić information content (AvgIpc) is 2.60. The molecule has 0 saturated carbocycles. The van der Waals surface area contributed by atoms with Crippen LogP contribution in [0.4, 0.5) is 0 Å². The van der Waals surface area contributed by atoms with Crippen molar-refractivity contribution in [3.63, 3.8) is 0 Å². The van der Waals surface area contributed by atoms with Crippen LogP contribution in [0.15, 0.2) is 21.6 Å². The van der Waals surface area contributed by atoms with E-state index in [0.29, 0.717) is 0 Å². The third kappa shape index (κ3) is 40.7. The predicted octanol–water partition coefficient (Wildman–Crippen LogP) is 0.884. The van der Waals surface area contributed by atoms with Crippen LogP contribution in [-0.4, -0.2) is 42.3 Å². The van der Waals surface area contributed by atoms with Gasteiger partial charge in [-0.3, -0.25) is 0 Å². The summed E-state index contributed by atoms with van der Waals surface area (Å²) in [6, 6.07) is 0. The Morgan fingerprint density at radius 1 is 0.933 bits per heavy atom. The van der Waals surface area contributed by atoms with Crippen LogP contribution < -0.4 is 16.0 Å². The first-order chi connectivity index (χ1) is 7.14. The second kappa shape index (κ2) is 23.8. The molecule has 0 radical (unpaired) electrons. The van der Waals surface area contributed by atoms with Crippen LogP contribution in [0.2, 0.25) is 0 Å². The molecule has 0 aromatic carbocycles. The number of nitrogens with one attached hydrogen (secondary N) is 3. The summed E-state index contributed by atoms with van der Waals surface area (Å²) < 4.78 is 1.61. The van der Waals surface area contributed by atoms with Gasteiger partial charge in [-0.2, -0.15) is 0 Å². The molecule has 89 valence electrons. The second-order valence-electron chi connectivity index (χ2n) is 2.82. The summed E-state index contributed by atoms with van der Waals surface area (Å²) in [5, 5.41) is 8.25. The third-order valence-corrected chi connectivity index (χ3v) is 2.10. The summed E-state index contributed by atoms with van der Waals surface area (Å²) in [4.78, 5) is 0. The van der Waals surface area contributed by atoms with Gasteiger partial charge in [0.2, 0.25) is 0 Å². The molecule has 3 nitrogen and oxygen atoms in total. The van der Waals surface area contributed by atoms with E-state index in [1.165, 1.54) is 30.8 Å². The Morgan fingerprint density at radius 3 is 1.33 bits per heavy atom. The molecule has 0 bridgehead atoms. The van der Waals surface area contributed by atoms with Crippen LogP contribution in [0, 0.1) is 0 Å². The number of hydrogen-bond acceptors (Lipinski definition) is 3. The molecule has 1 aliphatic carbocycles. The molecule has 1 aliphatic rings. The van der Waals surface area contributed by atoms with E-state index < -0.39 is 0 Å². The summed E-state index contributed by atoms with van der Waals surface area (Å²) in [7, 11) is 11.2. The van der Waals surface area contributed by atoms with Crippen LogP contribution in [0.25, 0.3) is 0 Å². The Morgan fingerprint density at radius 2 is 1.27 bits per heavy atom. The van der Waals surface area contributed by atoms with Crippen molar-refractivity contribution in [2.75, 3.05) is 42.3 Å². The first-order valence-electron chi connectivity index (χ1n) is 4.97. The molecule has 4 heteroatoms. The molecule has 0 atom stereocenters. The topological polar surface area (TPSA) is 36.1 Å². The van der Waals surface area contributed by atoms with Gasteiger partial charge in [0, 0.05) is 0 Å². The van der Waals surface area contributed by atoms with Gasteiger partial charge in [0.1, 0.15) is 0 Å². The predicted molar refractivity (Wildman–Crippen MR) is 66.8 cm³/mol. The van der Waals surface area contributed by atoms with Gasteiger partial charge in [0.15, 0.2) is 0 Å². The van der Waals surface area contributed by atoms with E-state index in [9.17, 15) is 0 Å². The SMILES string of the molecule is CNC.CNC.CNC.[Hf][C]1=CC=CC1. The van der Waals surface area contributed by atoms with E-state index in [4.69, 9.17) is 0 Å². The van der Waals surface area contributed by atoms with Crippen LogP contribution in [0.1, 0.15) is 6.42 Å². The van der Waals surface area contributed by atoms with Gasteiger partial charge in [0.05, 0.1) is 0 Å². The van der Waals surface area contributed by atoms with E-state index in [0.717, 1.165) is 0 Å². The van der Waals surface area contributed by atoms with Crippen LogP contribution in [0.3, 0.4) is 0 Å². The fourth-order valence-corrected chi connectivity index (χ4v) is 1.22. The minimum atomic E-state index is 1.23. The molecule has 0 fully saturated rings. The van der Waals surface area contributed by atoms with Gasteiger partial charge in [-0.1, -0.05) is 0 Å². The van der Waals surface area contributed by atoms with Crippen molar-refractivity contribution in [3.05, 3.63) is 21.6 Å². The van der Waals surface area contributed by atoms with Crippen molar-refractivity contribution in [2.45, 2.75) is 6.42 Å². The van der Waals surface area contributed by atoms with Crippen molar-refractivity contribution in [2.24, 2.45) is 0 Å². The second-order valence-corrected chi connectivity index (χ2v) is 5.13. The normalized spacial score (nSPS) is 10.9. The van der Waals surface area contributed by atoms with Crippen LogP contribution >= 0.6 is 0 Å². The summed E-state index contributed by atoms with van der Waals surface area (Å²) in [5.41, 5.74) is 0. The van der Waals surface area contributed by atoms with Gasteiger partial charge in [-0.25, -0.2) is 0 Å². The zero-order valence-corrected chi connectivity index (χ0v) is 14.5. The average molecular weight is 379 g/mol. The third-order valence-electron chi connectivity index (χ3n) is 0.771.